The highest BCUT2D eigenvalue weighted by molar-refractivity contribution is 9.11. The highest BCUT2D eigenvalue weighted by Crippen LogP contribution is 2.41. The minimum Gasteiger partial charge on any atom is -0.333 e. The SMILES string of the molecule is Brc1cccc(Br)c1NC1=NC2(CCCCC2)CS1. The number of nitrogens with zero attached hydrogens (tertiary/aromatic N) is 1. The highest BCUT2D eigenvalue weighted by Gasteiger charge is 2.36. The lowest BCUT2D eigenvalue weighted by atomic mass is 9.84. The van der Waals surface area contributed by atoms with Gasteiger partial charge in [-0.05, 0) is 56.8 Å². The molecule has 2 aliphatic rings. The summed E-state index contributed by atoms with van der Waals surface area (Å²) >= 11 is 9.03. The summed E-state index contributed by atoms with van der Waals surface area (Å²) in [6.07, 6.45) is 6.54. The maximum Gasteiger partial charge on any atom is 0.161 e. The van der Waals surface area contributed by atoms with E-state index in [0.29, 0.717) is 0 Å². The van der Waals surface area contributed by atoms with Crippen molar-refractivity contribution >= 4 is 54.5 Å². The van der Waals surface area contributed by atoms with Crippen molar-refractivity contribution in [1.82, 2.24) is 0 Å². The van der Waals surface area contributed by atoms with E-state index < -0.39 is 0 Å². The molecular formula is C14H16Br2N2S. The Kier molecular flexibility index (Phi) is 4.25. The lowest BCUT2D eigenvalue weighted by Gasteiger charge is -2.29. The summed E-state index contributed by atoms with van der Waals surface area (Å²) < 4.78 is 2.13. The van der Waals surface area contributed by atoms with Crippen LogP contribution in [0.3, 0.4) is 0 Å². The van der Waals surface area contributed by atoms with Gasteiger partial charge < -0.3 is 5.32 Å². The van der Waals surface area contributed by atoms with Gasteiger partial charge in [0.25, 0.3) is 0 Å². The average molecular weight is 404 g/mol. The third kappa shape index (κ3) is 3.03. The van der Waals surface area contributed by atoms with E-state index in [2.05, 4.69) is 37.2 Å². The van der Waals surface area contributed by atoms with E-state index in [4.69, 9.17) is 4.99 Å². The van der Waals surface area contributed by atoms with E-state index in [1.54, 1.807) is 0 Å². The summed E-state index contributed by atoms with van der Waals surface area (Å²) in [7, 11) is 0. The maximum atomic E-state index is 4.98. The van der Waals surface area contributed by atoms with E-state index in [0.717, 1.165) is 25.6 Å². The Morgan fingerprint density at radius 2 is 1.79 bits per heavy atom. The van der Waals surface area contributed by atoms with Crippen molar-refractivity contribution in [2.24, 2.45) is 4.99 Å². The van der Waals surface area contributed by atoms with Gasteiger partial charge in [0.2, 0.25) is 0 Å². The Morgan fingerprint density at radius 3 is 2.47 bits per heavy atom. The average Bonchev–Trinajstić information content (AvgIpc) is 2.78. The fourth-order valence-corrected chi connectivity index (χ4v) is 5.12. The van der Waals surface area contributed by atoms with Crippen molar-refractivity contribution in [2.45, 2.75) is 37.6 Å². The van der Waals surface area contributed by atoms with E-state index >= 15 is 0 Å². The predicted octanol–water partition coefficient (Wildman–Crippen LogP) is 5.43. The number of halogens is 2. The first-order valence-corrected chi connectivity index (χ1v) is 9.19. The van der Waals surface area contributed by atoms with Gasteiger partial charge in [-0.3, -0.25) is 4.99 Å². The first-order valence-electron chi connectivity index (χ1n) is 6.62. The first-order chi connectivity index (χ1) is 9.19. The van der Waals surface area contributed by atoms with Crippen molar-refractivity contribution in [1.29, 1.82) is 0 Å². The molecule has 0 aromatic heterocycles. The summed E-state index contributed by atoms with van der Waals surface area (Å²) in [5.74, 6) is 1.14. The lowest BCUT2D eigenvalue weighted by Crippen LogP contribution is -2.29. The minimum absolute atomic E-state index is 0.221. The van der Waals surface area contributed by atoms with Crippen molar-refractivity contribution < 1.29 is 0 Å². The molecule has 0 atom stereocenters. The number of para-hydroxylation sites is 1. The molecule has 102 valence electrons. The Labute approximate surface area is 135 Å². The maximum absolute atomic E-state index is 4.98. The second kappa shape index (κ2) is 5.78. The molecule has 1 aliphatic carbocycles. The Hall–Kier alpha value is -0.000000000000000111. The number of amidine groups is 1. The largest absolute Gasteiger partial charge is 0.333 e. The van der Waals surface area contributed by atoms with Crippen molar-refractivity contribution in [2.75, 3.05) is 11.1 Å². The van der Waals surface area contributed by atoms with E-state index in [-0.39, 0.29) is 5.54 Å². The van der Waals surface area contributed by atoms with E-state index in [9.17, 15) is 0 Å². The zero-order valence-corrected chi connectivity index (χ0v) is 14.6. The third-order valence-corrected chi connectivity index (χ3v) is 6.27. The van der Waals surface area contributed by atoms with E-state index in [1.165, 1.54) is 32.1 Å². The van der Waals surface area contributed by atoms with Gasteiger partial charge in [-0.2, -0.15) is 0 Å². The van der Waals surface area contributed by atoms with Crippen molar-refractivity contribution in [3.8, 4) is 0 Å². The Morgan fingerprint density at radius 1 is 1.11 bits per heavy atom. The summed E-state index contributed by atoms with van der Waals surface area (Å²) in [5.41, 5.74) is 1.29. The van der Waals surface area contributed by atoms with Crippen LogP contribution in [0.4, 0.5) is 5.69 Å². The van der Waals surface area contributed by atoms with Crippen molar-refractivity contribution in [3.63, 3.8) is 0 Å². The number of hydrogen-bond acceptors (Lipinski definition) is 3. The first kappa shape index (κ1) is 14.0. The monoisotopic (exact) mass is 402 g/mol. The zero-order chi connectivity index (χ0) is 13.3. The Bertz CT molecular complexity index is 490. The van der Waals surface area contributed by atoms with Crippen LogP contribution >= 0.6 is 43.6 Å². The number of benzene rings is 1. The fraction of sp³-hybridized carbons (Fsp3) is 0.500. The second-order valence-corrected chi connectivity index (χ2v) is 7.89. The highest BCUT2D eigenvalue weighted by atomic mass is 79.9. The molecule has 5 heteroatoms. The van der Waals surface area contributed by atoms with Crippen LogP contribution in [0, 0.1) is 0 Å². The molecule has 0 bridgehead atoms. The smallest absolute Gasteiger partial charge is 0.161 e. The van der Waals surface area contributed by atoms with Gasteiger partial charge in [-0.25, -0.2) is 0 Å². The normalized spacial score (nSPS) is 21.5. The molecule has 1 spiro atoms. The molecule has 1 saturated carbocycles. The minimum atomic E-state index is 0.221. The van der Waals surface area contributed by atoms with Gasteiger partial charge in [0.15, 0.2) is 5.17 Å². The second-order valence-electron chi connectivity index (χ2n) is 5.21. The number of aliphatic imine (C=N–C) groups is 1. The van der Waals surface area contributed by atoms with Crippen molar-refractivity contribution in [3.05, 3.63) is 27.1 Å². The van der Waals surface area contributed by atoms with Gasteiger partial charge in [-0.1, -0.05) is 37.1 Å². The number of thioether (sulfide) groups is 1. The molecule has 1 N–H and O–H groups in total. The van der Waals surface area contributed by atoms with E-state index in [1.807, 2.05) is 30.0 Å². The topological polar surface area (TPSA) is 24.4 Å². The summed E-state index contributed by atoms with van der Waals surface area (Å²) in [6, 6.07) is 6.11. The predicted molar refractivity (Wildman–Crippen MR) is 91.2 cm³/mol. The molecule has 19 heavy (non-hydrogen) atoms. The molecule has 0 unspecified atom stereocenters. The third-order valence-electron chi connectivity index (χ3n) is 3.80. The number of anilines is 1. The van der Waals surface area contributed by atoms with Gasteiger partial charge >= 0.3 is 0 Å². The van der Waals surface area contributed by atoms with Crippen LogP contribution in [0.5, 0.6) is 0 Å². The number of hydrogen-bond donors (Lipinski definition) is 1. The van der Waals surface area contributed by atoms with Gasteiger partial charge in [-0.15, -0.1) is 0 Å². The fourth-order valence-electron chi connectivity index (χ4n) is 2.74. The van der Waals surface area contributed by atoms with Gasteiger partial charge in [0.1, 0.15) is 0 Å². The zero-order valence-electron chi connectivity index (χ0n) is 10.6. The van der Waals surface area contributed by atoms with Crippen LogP contribution in [0.15, 0.2) is 32.1 Å². The summed E-state index contributed by atoms with van der Waals surface area (Å²) in [5, 5.41) is 4.53. The molecule has 0 saturated heterocycles. The van der Waals surface area contributed by atoms with Crippen LogP contribution in [0.1, 0.15) is 32.1 Å². The molecule has 0 amide bonds. The van der Waals surface area contributed by atoms with Crippen LogP contribution in [-0.4, -0.2) is 16.5 Å². The molecule has 1 heterocycles. The van der Waals surface area contributed by atoms with Crippen LogP contribution in [-0.2, 0) is 0 Å². The standard InChI is InChI=1S/C14H16Br2N2S/c15-10-5-4-6-11(16)12(10)17-13-18-14(9-19-13)7-2-1-3-8-14/h4-6H,1-3,7-9H2,(H,17,18). The molecule has 2 nitrogen and oxygen atoms in total. The molecule has 3 rings (SSSR count). The quantitative estimate of drug-likeness (QED) is 0.675. The lowest BCUT2D eigenvalue weighted by molar-refractivity contribution is 0.335. The molecular weight excluding hydrogens is 388 g/mol. The van der Waals surface area contributed by atoms with Crippen LogP contribution < -0.4 is 5.32 Å². The Balaban J connectivity index is 1.79. The molecule has 1 aromatic rings. The molecule has 0 radical (unpaired) electrons. The molecule has 1 aromatic carbocycles. The summed E-state index contributed by atoms with van der Waals surface area (Å²) in [6.45, 7) is 0. The van der Waals surface area contributed by atoms with Gasteiger partial charge in [0.05, 0.1) is 11.2 Å². The number of nitrogens with one attached hydrogen (secondary N) is 1. The number of rotatable bonds is 1. The van der Waals surface area contributed by atoms with Crippen LogP contribution in [0.25, 0.3) is 0 Å². The van der Waals surface area contributed by atoms with Crippen LogP contribution in [0.2, 0.25) is 0 Å². The van der Waals surface area contributed by atoms with Gasteiger partial charge in [0, 0.05) is 14.7 Å². The molecule has 1 aliphatic heterocycles. The molecule has 1 fully saturated rings. The summed E-state index contributed by atoms with van der Waals surface area (Å²) in [4.78, 5) is 4.98.